The van der Waals surface area contributed by atoms with E-state index in [0.29, 0.717) is 24.9 Å². The third-order valence-corrected chi connectivity index (χ3v) is 3.71. The van der Waals surface area contributed by atoms with Crippen LogP contribution >= 0.6 is 0 Å². The molecule has 1 aromatic carbocycles. The van der Waals surface area contributed by atoms with Gasteiger partial charge in [0.15, 0.2) is 0 Å². The topological polar surface area (TPSA) is 56.1 Å². The van der Waals surface area contributed by atoms with Crippen molar-refractivity contribution >= 4 is 0 Å². The molecule has 0 bridgehead atoms. The van der Waals surface area contributed by atoms with Crippen LogP contribution in [0.1, 0.15) is 31.2 Å². The lowest BCUT2D eigenvalue weighted by atomic mass is 10.2. The Labute approximate surface area is 129 Å². The van der Waals surface area contributed by atoms with Crippen LogP contribution in [-0.2, 0) is 6.54 Å². The minimum absolute atomic E-state index is 0.0178. The van der Waals surface area contributed by atoms with Crippen LogP contribution in [0.4, 0.5) is 0 Å². The summed E-state index contributed by atoms with van der Waals surface area (Å²) in [7, 11) is 0. The van der Waals surface area contributed by atoms with Gasteiger partial charge >= 0.3 is 0 Å². The van der Waals surface area contributed by atoms with Crippen LogP contribution in [0.3, 0.4) is 0 Å². The molecule has 0 atom stereocenters. The Bertz CT molecular complexity index is 720. The van der Waals surface area contributed by atoms with Crippen LogP contribution in [0.2, 0.25) is 0 Å². The van der Waals surface area contributed by atoms with E-state index in [0.717, 1.165) is 17.1 Å². The van der Waals surface area contributed by atoms with E-state index in [4.69, 9.17) is 4.74 Å². The first-order valence-electron chi connectivity index (χ1n) is 7.74. The minimum Gasteiger partial charge on any atom is -0.492 e. The molecule has 0 radical (unpaired) electrons. The Kier molecular flexibility index (Phi) is 4.24. The van der Waals surface area contributed by atoms with Crippen LogP contribution in [0.15, 0.2) is 35.1 Å². The van der Waals surface area contributed by atoms with Gasteiger partial charge in [0.1, 0.15) is 17.1 Å². The van der Waals surface area contributed by atoms with Gasteiger partial charge in [-0.05, 0) is 38.8 Å². The number of ether oxygens (including phenoxy) is 1. The quantitative estimate of drug-likeness (QED) is 0.888. The van der Waals surface area contributed by atoms with E-state index in [1.807, 2.05) is 38.1 Å². The molecular formula is C17H21N3O2. The summed E-state index contributed by atoms with van der Waals surface area (Å²) >= 11 is 0. The van der Waals surface area contributed by atoms with Gasteiger partial charge in [-0.2, -0.15) is 5.10 Å². The Balaban J connectivity index is 1.98. The van der Waals surface area contributed by atoms with Crippen LogP contribution in [0, 0.1) is 6.92 Å². The fourth-order valence-electron chi connectivity index (χ4n) is 2.39. The van der Waals surface area contributed by atoms with Gasteiger partial charge in [0.05, 0.1) is 6.61 Å². The highest BCUT2D eigenvalue weighted by molar-refractivity contribution is 5.46. The van der Waals surface area contributed by atoms with E-state index in [1.165, 1.54) is 12.8 Å². The van der Waals surface area contributed by atoms with E-state index in [9.17, 15) is 4.79 Å². The molecule has 5 nitrogen and oxygen atoms in total. The normalized spacial score (nSPS) is 14.1. The molecule has 2 aromatic rings. The molecule has 116 valence electrons. The number of nitrogens with zero attached hydrogens (tertiary/aromatic N) is 2. The van der Waals surface area contributed by atoms with Crippen molar-refractivity contribution < 1.29 is 4.74 Å². The van der Waals surface area contributed by atoms with E-state index < -0.39 is 0 Å². The van der Waals surface area contributed by atoms with Crippen molar-refractivity contribution in [2.24, 2.45) is 0 Å². The van der Waals surface area contributed by atoms with E-state index in [2.05, 4.69) is 10.4 Å². The predicted octanol–water partition coefficient (Wildman–Crippen LogP) is 2.19. The van der Waals surface area contributed by atoms with E-state index >= 15 is 0 Å². The van der Waals surface area contributed by atoms with Gasteiger partial charge in [0.2, 0.25) is 5.43 Å². The maximum Gasteiger partial charge on any atom is 0.204 e. The van der Waals surface area contributed by atoms with Crippen molar-refractivity contribution in [1.29, 1.82) is 0 Å². The lowest BCUT2D eigenvalue weighted by molar-refractivity contribution is 0.338. The van der Waals surface area contributed by atoms with E-state index in [1.54, 1.807) is 10.7 Å². The smallest absolute Gasteiger partial charge is 0.204 e. The average Bonchev–Trinajstić information content (AvgIpc) is 3.32. The zero-order valence-electron chi connectivity index (χ0n) is 13.0. The molecule has 1 aromatic heterocycles. The zero-order chi connectivity index (χ0) is 15.5. The van der Waals surface area contributed by atoms with Gasteiger partial charge in [-0.1, -0.05) is 12.1 Å². The first-order valence-corrected chi connectivity index (χ1v) is 7.74. The Morgan fingerprint density at radius 2 is 2.14 bits per heavy atom. The van der Waals surface area contributed by atoms with Crippen LogP contribution in [0.5, 0.6) is 5.75 Å². The van der Waals surface area contributed by atoms with Gasteiger partial charge in [-0.3, -0.25) is 4.79 Å². The molecule has 0 spiro atoms. The van der Waals surface area contributed by atoms with Gasteiger partial charge in [-0.25, -0.2) is 4.68 Å². The maximum atomic E-state index is 12.1. The van der Waals surface area contributed by atoms with Crippen LogP contribution in [-0.4, -0.2) is 22.4 Å². The molecule has 5 heteroatoms. The molecule has 1 saturated carbocycles. The highest BCUT2D eigenvalue weighted by Crippen LogP contribution is 2.23. The van der Waals surface area contributed by atoms with Crippen LogP contribution < -0.4 is 15.5 Å². The highest BCUT2D eigenvalue weighted by atomic mass is 16.5. The van der Waals surface area contributed by atoms with Crippen molar-refractivity contribution in [2.45, 2.75) is 39.3 Å². The molecule has 0 saturated heterocycles. The molecule has 0 unspecified atom stereocenters. The lowest BCUT2D eigenvalue weighted by Crippen LogP contribution is -2.25. The lowest BCUT2D eigenvalue weighted by Gasteiger charge is -2.15. The standard InChI is InChI=1S/C17H21N3O2/c1-3-22-17-7-5-4-6-15(17)20-12(2)10-16(21)14(19-20)11-18-13-8-9-13/h4-7,10,13,18H,3,8-9,11H2,1-2H3. The summed E-state index contributed by atoms with van der Waals surface area (Å²) in [6, 6.07) is 9.93. The SMILES string of the molecule is CCOc1ccccc1-n1nc(CNC2CC2)c(=O)cc1C. The minimum atomic E-state index is -0.0178. The Morgan fingerprint density at radius 3 is 2.86 bits per heavy atom. The summed E-state index contributed by atoms with van der Waals surface area (Å²) in [4.78, 5) is 12.1. The molecular weight excluding hydrogens is 278 g/mol. The first-order chi connectivity index (χ1) is 10.7. The fraction of sp³-hybridized carbons (Fsp3) is 0.412. The largest absolute Gasteiger partial charge is 0.492 e. The average molecular weight is 299 g/mol. The van der Waals surface area contributed by atoms with Crippen molar-refractivity contribution in [3.8, 4) is 11.4 Å². The number of nitrogens with one attached hydrogen (secondary N) is 1. The van der Waals surface area contributed by atoms with Gasteiger partial charge < -0.3 is 10.1 Å². The summed E-state index contributed by atoms with van der Waals surface area (Å²) < 4.78 is 7.46. The molecule has 1 aliphatic carbocycles. The van der Waals surface area contributed by atoms with Gasteiger partial charge in [0.25, 0.3) is 0 Å². The summed E-state index contributed by atoms with van der Waals surface area (Å²) in [6.07, 6.45) is 2.38. The number of benzene rings is 1. The number of rotatable bonds is 6. The fourth-order valence-corrected chi connectivity index (χ4v) is 2.39. The summed E-state index contributed by atoms with van der Waals surface area (Å²) in [5.74, 6) is 0.769. The molecule has 1 aliphatic rings. The monoisotopic (exact) mass is 299 g/mol. The maximum absolute atomic E-state index is 12.1. The molecule has 1 fully saturated rings. The highest BCUT2D eigenvalue weighted by Gasteiger charge is 2.21. The molecule has 0 aliphatic heterocycles. The van der Waals surface area contributed by atoms with Crippen LogP contribution in [0.25, 0.3) is 5.69 Å². The summed E-state index contributed by atoms with van der Waals surface area (Å²) in [5, 5.41) is 7.89. The second kappa shape index (κ2) is 6.32. The number of aromatic nitrogens is 2. The second-order valence-electron chi connectivity index (χ2n) is 5.56. The summed E-state index contributed by atoms with van der Waals surface area (Å²) in [5.41, 5.74) is 2.18. The zero-order valence-corrected chi connectivity index (χ0v) is 13.0. The van der Waals surface area contributed by atoms with Crippen molar-refractivity contribution in [3.05, 3.63) is 51.9 Å². The molecule has 1 N–H and O–H groups in total. The van der Waals surface area contributed by atoms with Gasteiger partial charge in [0, 0.05) is 24.3 Å². The van der Waals surface area contributed by atoms with Crippen molar-refractivity contribution in [2.75, 3.05) is 6.61 Å². The van der Waals surface area contributed by atoms with E-state index in [-0.39, 0.29) is 5.43 Å². The number of hydrogen-bond acceptors (Lipinski definition) is 4. The van der Waals surface area contributed by atoms with Crippen molar-refractivity contribution in [1.82, 2.24) is 15.1 Å². The number of hydrogen-bond donors (Lipinski definition) is 1. The van der Waals surface area contributed by atoms with Gasteiger partial charge in [-0.15, -0.1) is 0 Å². The third kappa shape index (κ3) is 3.20. The predicted molar refractivity (Wildman–Crippen MR) is 85.6 cm³/mol. The molecule has 1 heterocycles. The summed E-state index contributed by atoms with van der Waals surface area (Å²) in [6.45, 7) is 4.94. The Morgan fingerprint density at radius 1 is 1.36 bits per heavy atom. The second-order valence-corrected chi connectivity index (χ2v) is 5.56. The number of aryl methyl sites for hydroxylation is 1. The molecule has 3 rings (SSSR count). The number of para-hydroxylation sites is 2. The first kappa shape index (κ1) is 14.8. The molecule has 0 amide bonds. The molecule has 22 heavy (non-hydrogen) atoms. The third-order valence-electron chi connectivity index (χ3n) is 3.71. The van der Waals surface area contributed by atoms with Crippen molar-refractivity contribution in [3.63, 3.8) is 0 Å². The Hall–Kier alpha value is -2.14.